The number of aromatic nitrogens is 1. The third kappa shape index (κ3) is 3.05. The largest absolute Gasteiger partial charge is 0.495 e. The van der Waals surface area contributed by atoms with Crippen LogP contribution >= 0.6 is 0 Å². The number of rotatable bonds is 3. The van der Waals surface area contributed by atoms with Crippen LogP contribution in [0.3, 0.4) is 0 Å². The van der Waals surface area contributed by atoms with Crippen molar-refractivity contribution in [2.75, 3.05) is 13.7 Å². The second-order valence-electron chi connectivity index (χ2n) is 5.96. The molecule has 1 aliphatic heterocycles. The molecule has 5 nitrogen and oxygen atoms in total. The summed E-state index contributed by atoms with van der Waals surface area (Å²) < 4.78 is 11.0. The summed E-state index contributed by atoms with van der Waals surface area (Å²) in [7, 11) is 1.64. The Bertz CT molecular complexity index is 745. The van der Waals surface area contributed by atoms with Crippen molar-refractivity contribution in [3.05, 3.63) is 48.3 Å². The van der Waals surface area contributed by atoms with Crippen molar-refractivity contribution in [3.63, 3.8) is 0 Å². The van der Waals surface area contributed by atoms with Gasteiger partial charge in [-0.15, -0.1) is 0 Å². The fourth-order valence-corrected chi connectivity index (χ4v) is 2.65. The third-order valence-corrected chi connectivity index (χ3v) is 4.17. The lowest BCUT2D eigenvalue weighted by Crippen LogP contribution is -2.42. The molecule has 0 amide bonds. The van der Waals surface area contributed by atoms with E-state index in [2.05, 4.69) is 16.0 Å². The number of hydrogen-bond acceptors (Lipinski definition) is 5. The first kappa shape index (κ1) is 15.5. The number of methoxy groups -OCH3 is 1. The molecule has 1 aromatic heterocycles. The van der Waals surface area contributed by atoms with Crippen LogP contribution in [-0.4, -0.2) is 30.6 Å². The molecule has 1 aliphatic rings. The second kappa shape index (κ2) is 6.01. The Morgan fingerprint density at radius 2 is 2.09 bits per heavy atom. The summed E-state index contributed by atoms with van der Waals surface area (Å²) in [5.41, 5.74) is 8.62. The number of aliphatic imine (C=N–C) groups is 1. The van der Waals surface area contributed by atoms with Crippen molar-refractivity contribution >= 4 is 5.84 Å². The zero-order valence-electron chi connectivity index (χ0n) is 13.6. The normalized spacial score (nSPS) is 24.1. The summed E-state index contributed by atoms with van der Waals surface area (Å²) in [6.07, 6.45) is 3.38. The van der Waals surface area contributed by atoms with Crippen LogP contribution in [0.15, 0.2) is 47.7 Å². The van der Waals surface area contributed by atoms with Gasteiger partial charge in [-0.1, -0.05) is 18.2 Å². The number of hydrogen-bond donors (Lipinski definition) is 1. The average molecular weight is 311 g/mol. The second-order valence-corrected chi connectivity index (χ2v) is 5.96. The van der Waals surface area contributed by atoms with E-state index in [9.17, 15) is 0 Å². The third-order valence-electron chi connectivity index (χ3n) is 4.17. The maximum absolute atomic E-state index is 5.98. The maximum atomic E-state index is 5.98. The Morgan fingerprint density at radius 1 is 1.26 bits per heavy atom. The van der Waals surface area contributed by atoms with Gasteiger partial charge in [-0.2, -0.15) is 0 Å². The molecular weight excluding hydrogens is 290 g/mol. The molecule has 0 bridgehead atoms. The molecule has 1 aromatic carbocycles. The molecule has 120 valence electrons. The van der Waals surface area contributed by atoms with E-state index in [4.69, 9.17) is 15.2 Å². The fraction of sp³-hybridized carbons (Fsp3) is 0.333. The van der Waals surface area contributed by atoms with E-state index in [1.165, 1.54) is 0 Å². The van der Waals surface area contributed by atoms with Gasteiger partial charge in [0.2, 0.25) is 0 Å². The van der Waals surface area contributed by atoms with Gasteiger partial charge >= 0.3 is 0 Å². The molecule has 2 heterocycles. The van der Waals surface area contributed by atoms with Gasteiger partial charge in [-0.3, -0.25) is 9.98 Å². The highest BCUT2D eigenvalue weighted by atomic mass is 16.5. The first-order valence-electron chi connectivity index (χ1n) is 7.58. The minimum atomic E-state index is -0.473. The van der Waals surface area contributed by atoms with Crippen molar-refractivity contribution in [1.82, 2.24) is 4.98 Å². The summed E-state index contributed by atoms with van der Waals surface area (Å²) in [6, 6.07) is 10.2. The Kier molecular flexibility index (Phi) is 4.05. The predicted molar refractivity (Wildman–Crippen MR) is 90.6 cm³/mol. The molecule has 5 heteroatoms. The summed E-state index contributed by atoms with van der Waals surface area (Å²) in [5, 5.41) is 0. The molecule has 0 unspecified atom stereocenters. The molecule has 23 heavy (non-hydrogen) atoms. The number of nitrogens with two attached hydrogens (primary N) is 1. The molecule has 0 saturated heterocycles. The topological polar surface area (TPSA) is 69.7 Å². The maximum Gasteiger partial charge on any atom is 0.137 e. The van der Waals surface area contributed by atoms with Crippen molar-refractivity contribution in [1.29, 1.82) is 0 Å². The lowest BCUT2D eigenvalue weighted by atomic mass is 9.90. The fourth-order valence-electron chi connectivity index (χ4n) is 2.65. The van der Waals surface area contributed by atoms with Crippen LogP contribution in [0.5, 0.6) is 5.75 Å². The molecule has 0 spiro atoms. The molecular formula is C18H21N3O2. The van der Waals surface area contributed by atoms with Gasteiger partial charge in [-0.25, -0.2) is 0 Å². The zero-order valence-corrected chi connectivity index (χ0v) is 13.6. The van der Waals surface area contributed by atoms with Crippen molar-refractivity contribution < 1.29 is 9.47 Å². The lowest BCUT2D eigenvalue weighted by molar-refractivity contribution is 0.0549. The zero-order chi connectivity index (χ0) is 16.4. The van der Waals surface area contributed by atoms with E-state index in [1.807, 2.05) is 44.3 Å². The van der Waals surface area contributed by atoms with Crippen molar-refractivity contribution in [3.8, 4) is 16.9 Å². The average Bonchev–Trinajstić information content (AvgIpc) is 2.59. The molecule has 2 atom stereocenters. The highest BCUT2D eigenvalue weighted by Gasteiger charge is 2.32. The van der Waals surface area contributed by atoms with E-state index >= 15 is 0 Å². The number of pyridine rings is 1. The minimum absolute atomic E-state index is 0.131. The monoisotopic (exact) mass is 311 g/mol. The van der Waals surface area contributed by atoms with Gasteiger partial charge in [0.05, 0.1) is 19.9 Å². The van der Waals surface area contributed by atoms with Crippen LogP contribution in [0, 0.1) is 0 Å². The molecule has 0 aliphatic carbocycles. The van der Waals surface area contributed by atoms with Crippen LogP contribution in [0.25, 0.3) is 11.1 Å². The summed E-state index contributed by atoms with van der Waals surface area (Å²) >= 11 is 0. The van der Waals surface area contributed by atoms with E-state index in [-0.39, 0.29) is 6.10 Å². The van der Waals surface area contributed by atoms with Gasteiger partial charge in [0, 0.05) is 11.8 Å². The Labute approximate surface area is 136 Å². The van der Waals surface area contributed by atoms with Crippen LogP contribution in [-0.2, 0) is 10.3 Å². The first-order chi connectivity index (χ1) is 11.0. The summed E-state index contributed by atoms with van der Waals surface area (Å²) in [5.74, 6) is 1.27. The molecule has 2 N–H and O–H groups in total. The van der Waals surface area contributed by atoms with Crippen molar-refractivity contribution in [2.45, 2.75) is 25.5 Å². The minimum Gasteiger partial charge on any atom is -0.495 e. The number of benzene rings is 1. The van der Waals surface area contributed by atoms with E-state index < -0.39 is 5.54 Å². The van der Waals surface area contributed by atoms with Crippen molar-refractivity contribution in [2.24, 2.45) is 10.7 Å². The van der Waals surface area contributed by atoms with E-state index in [1.54, 1.807) is 13.3 Å². The van der Waals surface area contributed by atoms with Crippen LogP contribution in [0.1, 0.15) is 19.4 Å². The van der Waals surface area contributed by atoms with Crippen LogP contribution in [0.4, 0.5) is 0 Å². The number of ether oxygens (including phenoxy) is 2. The van der Waals surface area contributed by atoms with Gasteiger partial charge < -0.3 is 15.2 Å². The summed E-state index contributed by atoms with van der Waals surface area (Å²) in [4.78, 5) is 8.88. The van der Waals surface area contributed by atoms with Crippen LogP contribution < -0.4 is 10.5 Å². The SMILES string of the molecule is COc1cncc(-c2cccc([C@@]3(C)CO[C@H](C)C(N)=N3)c2)c1. The van der Waals surface area contributed by atoms with E-state index in [0.29, 0.717) is 12.4 Å². The molecule has 0 saturated carbocycles. The highest BCUT2D eigenvalue weighted by Crippen LogP contribution is 2.32. The highest BCUT2D eigenvalue weighted by molar-refractivity contribution is 5.85. The Balaban J connectivity index is 2.00. The van der Waals surface area contributed by atoms with Crippen LogP contribution in [0.2, 0.25) is 0 Å². The van der Waals surface area contributed by atoms with Gasteiger partial charge in [0.1, 0.15) is 23.2 Å². The first-order valence-corrected chi connectivity index (χ1v) is 7.58. The molecule has 2 aromatic rings. The lowest BCUT2D eigenvalue weighted by Gasteiger charge is -2.33. The number of amidine groups is 1. The molecule has 0 fully saturated rings. The molecule has 3 rings (SSSR count). The van der Waals surface area contributed by atoms with Gasteiger partial charge in [-0.05, 0) is 37.1 Å². The predicted octanol–water partition coefficient (Wildman–Crippen LogP) is 2.75. The number of nitrogens with zero attached hydrogens (tertiary/aromatic N) is 2. The standard InChI is InChI=1S/C18H21N3O2/c1-12-17(19)21-18(2,11-23-12)15-6-4-5-13(7-15)14-8-16(22-3)10-20-9-14/h4-10,12H,11H2,1-3H3,(H2,19,21)/t12-,18-/m1/s1. The quantitative estimate of drug-likeness (QED) is 0.946. The van der Waals surface area contributed by atoms with Gasteiger partial charge in [0.15, 0.2) is 0 Å². The smallest absolute Gasteiger partial charge is 0.137 e. The Hall–Kier alpha value is -2.40. The van der Waals surface area contributed by atoms with E-state index in [0.717, 1.165) is 22.4 Å². The Morgan fingerprint density at radius 3 is 2.83 bits per heavy atom. The summed E-state index contributed by atoms with van der Waals surface area (Å²) in [6.45, 7) is 4.46. The van der Waals surface area contributed by atoms with Gasteiger partial charge in [0.25, 0.3) is 0 Å². The molecule has 0 radical (unpaired) electrons.